The van der Waals surface area contributed by atoms with Gasteiger partial charge in [-0.25, -0.2) is 4.79 Å². The lowest BCUT2D eigenvalue weighted by Gasteiger charge is -2.22. The highest BCUT2D eigenvalue weighted by molar-refractivity contribution is 5.67. The van der Waals surface area contributed by atoms with Gasteiger partial charge in [0.2, 0.25) is 0 Å². The first kappa shape index (κ1) is 26.6. The molecule has 0 radical (unpaired) electrons. The van der Waals surface area contributed by atoms with Crippen molar-refractivity contribution in [2.75, 3.05) is 46.2 Å². The third-order valence-electron chi connectivity index (χ3n) is 4.47. The van der Waals surface area contributed by atoms with Crippen molar-refractivity contribution in [3.05, 3.63) is 0 Å². The number of carbonyl (C=O) groups is 2. The fourth-order valence-corrected chi connectivity index (χ4v) is 2.84. The number of unbranched alkanes of at least 4 members (excludes halogenated alkanes) is 4. The van der Waals surface area contributed by atoms with E-state index in [0.29, 0.717) is 6.54 Å². The summed E-state index contributed by atoms with van der Waals surface area (Å²) < 4.78 is 26.4. The normalized spacial score (nSPS) is 20.5. The molecule has 0 bridgehead atoms. The highest BCUT2D eigenvalue weighted by Crippen LogP contribution is 2.15. The van der Waals surface area contributed by atoms with E-state index < -0.39 is 36.5 Å². The number of aliphatic hydroxyl groups is 2. The van der Waals surface area contributed by atoms with Crippen LogP contribution in [0.3, 0.4) is 0 Å². The Balaban J connectivity index is 2.16. The van der Waals surface area contributed by atoms with Gasteiger partial charge in [0, 0.05) is 13.5 Å². The number of rotatable bonds is 16. The van der Waals surface area contributed by atoms with Crippen molar-refractivity contribution < 1.29 is 43.5 Å². The zero-order valence-electron chi connectivity index (χ0n) is 18.0. The summed E-state index contributed by atoms with van der Waals surface area (Å²) in [6.45, 7) is 3.95. The Morgan fingerprint density at radius 1 is 1.07 bits per heavy atom. The molecular weight excluding hydrogens is 398 g/mol. The van der Waals surface area contributed by atoms with Gasteiger partial charge in [-0.1, -0.05) is 32.6 Å². The van der Waals surface area contributed by atoms with Crippen LogP contribution in [0.2, 0.25) is 0 Å². The summed E-state index contributed by atoms with van der Waals surface area (Å²) in [4.78, 5) is 22.6. The average molecular weight is 436 g/mol. The number of hydrogen-bond acceptors (Lipinski definition) is 9. The summed E-state index contributed by atoms with van der Waals surface area (Å²) in [6, 6.07) is 0. The van der Waals surface area contributed by atoms with Crippen molar-refractivity contribution in [3.8, 4) is 0 Å². The lowest BCUT2D eigenvalue weighted by molar-refractivity contribution is -0.155. The molecule has 0 aromatic carbocycles. The monoisotopic (exact) mass is 435 g/mol. The summed E-state index contributed by atoms with van der Waals surface area (Å²) in [5.74, 6) is -0.503. The minimum Gasteiger partial charge on any atom is -0.458 e. The van der Waals surface area contributed by atoms with E-state index in [0.717, 1.165) is 19.3 Å². The zero-order chi connectivity index (χ0) is 22.2. The number of alkyl carbamates (subject to hydrolysis) is 1. The first-order valence-corrected chi connectivity index (χ1v) is 10.6. The highest BCUT2D eigenvalue weighted by atomic mass is 16.6. The van der Waals surface area contributed by atoms with Crippen molar-refractivity contribution in [3.63, 3.8) is 0 Å². The molecule has 176 valence electrons. The Morgan fingerprint density at radius 2 is 1.73 bits per heavy atom. The minimum absolute atomic E-state index is 0.00818. The van der Waals surface area contributed by atoms with Gasteiger partial charge in [0.1, 0.15) is 31.0 Å². The first-order valence-electron chi connectivity index (χ1n) is 10.6. The molecule has 1 amide bonds. The quantitative estimate of drug-likeness (QED) is 0.237. The fraction of sp³-hybridized carbons (Fsp3) is 0.900. The van der Waals surface area contributed by atoms with Gasteiger partial charge in [-0.05, 0) is 6.42 Å². The smallest absolute Gasteiger partial charge is 0.407 e. The predicted octanol–water partition coefficient (Wildman–Crippen LogP) is 0.769. The molecule has 4 atom stereocenters. The zero-order valence-corrected chi connectivity index (χ0v) is 18.0. The van der Waals surface area contributed by atoms with Crippen molar-refractivity contribution in [2.24, 2.45) is 0 Å². The van der Waals surface area contributed by atoms with Crippen molar-refractivity contribution in [2.45, 2.75) is 70.4 Å². The number of nitrogens with one attached hydrogen (secondary N) is 1. The number of amides is 1. The lowest BCUT2D eigenvalue weighted by Crippen LogP contribution is -2.37. The van der Waals surface area contributed by atoms with Crippen LogP contribution in [0.25, 0.3) is 0 Å². The van der Waals surface area contributed by atoms with Crippen molar-refractivity contribution >= 4 is 12.1 Å². The van der Waals surface area contributed by atoms with Crippen LogP contribution in [-0.4, -0.2) is 92.9 Å². The molecule has 1 fully saturated rings. The van der Waals surface area contributed by atoms with Crippen LogP contribution in [-0.2, 0) is 28.5 Å². The average Bonchev–Trinajstić information content (AvgIpc) is 3.17. The molecule has 1 aliphatic heterocycles. The largest absolute Gasteiger partial charge is 0.458 e. The molecule has 1 aliphatic rings. The van der Waals surface area contributed by atoms with Crippen molar-refractivity contribution in [1.29, 1.82) is 0 Å². The van der Waals surface area contributed by atoms with E-state index in [1.165, 1.54) is 19.8 Å². The molecule has 0 saturated carbocycles. The van der Waals surface area contributed by atoms with E-state index in [1.54, 1.807) is 0 Å². The molecule has 10 heteroatoms. The molecule has 0 spiro atoms. The molecule has 1 saturated heterocycles. The number of hydrogen-bond donors (Lipinski definition) is 3. The third-order valence-corrected chi connectivity index (χ3v) is 4.47. The van der Waals surface area contributed by atoms with Gasteiger partial charge in [-0.2, -0.15) is 0 Å². The molecule has 4 unspecified atom stereocenters. The minimum atomic E-state index is -0.979. The van der Waals surface area contributed by atoms with E-state index in [4.69, 9.17) is 23.7 Å². The second-order valence-corrected chi connectivity index (χ2v) is 7.29. The molecule has 10 nitrogen and oxygen atoms in total. The van der Waals surface area contributed by atoms with E-state index in [2.05, 4.69) is 12.2 Å². The fourth-order valence-electron chi connectivity index (χ4n) is 2.84. The molecule has 30 heavy (non-hydrogen) atoms. The van der Waals surface area contributed by atoms with Crippen LogP contribution in [0.5, 0.6) is 0 Å². The Bertz CT molecular complexity index is 477. The topological polar surface area (TPSA) is 133 Å². The summed E-state index contributed by atoms with van der Waals surface area (Å²) in [5, 5.41) is 21.8. The Morgan fingerprint density at radius 3 is 2.37 bits per heavy atom. The predicted molar refractivity (Wildman–Crippen MR) is 107 cm³/mol. The third kappa shape index (κ3) is 12.3. The van der Waals surface area contributed by atoms with E-state index in [-0.39, 0.29) is 39.6 Å². The Kier molecular flexibility index (Phi) is 14.4. The van der Waals surface area contributed by atoms with Gasteiger partial charge in [-0.15, -0.1) is 0 Å². The number of aliphatic hydroxyl groups excluding tert-OH is 2. The highest BCUT2D eigenvalue weighted by Gasteiger charge is 2.31. The molecular formula is C20H37NO9. The SMILES string of the molecule is CCCCCCCNC(=O)OCC(O)COC1COCC1OCC(CO)OC(C)=O. The van der Waals surface area contributed by atoms with Crippen LogP contribution in [0, 0.1) is 0 Å². The van der Waals surface area contributed by atoms with E-state index >= 15 is 0 Å². The summed E-state index contributed by atoms with van der Waals surface area (Å²) in [6.07, 6.45) is 2.36. The van der Waals surface area contributed by atoms with Crippen molar-refractivity contribution in [1.82, 2.24) is 5.32 Å². The van der Waals surface area contributed by atoms with Gasteiger partial charge in [0.25, 0.3) is 0 Å². The van der Waals surface area contributed by atoms with Gasteiger partial charge in [0.15, 0.2) is 0 Å². The molecule has 1 rings (SSSR count). The maximum Gasteiger partial charge on any atom is 0.407 e. The number of esters is 1. The molecule has 3 N–H and O–H groups in total. The Hall–Kier alpha value is -1.46. The van der Waals surface area contributed by atoms with Crippen LogP contribution in [0.15, 0.2) is 0 Å². The van der Waals surface area contributed by atoms with Gasteiger partial charge in [-0.3, -0.25) is 4.79 Å². The molecule has 0 aromatic heterocycles. The maximum absolute atomic E-state index is 11.6. The number of carbonyl (C=O) groups excluding carboxylic acids is 2. The summed E-state index contributed by atoms with van der Waals surface area (Å²) >= 11 is 0. The molecule has 0 aromatic rings. The van der Waals surface area contributed by atoms with Gasteiger partial charge in [0.05, 0.1) is 33.0 Å². The van der Waals surface area contributed by atoms with Crippen LogP contribution >= 0.6 is 0 Å². The van der Waals surface area contributed by atoms with Crippen LogP contribution < -0.4 is 5.32 Å². The second-order valence-electron chi connectivity index (χ2n) is 7.29. The van der Waals surface area contributed by atoms with E-state index in [9.17, 15) is 19.8 Å². The standard InChI is InChI=1S/C20H37NO9/c1-3-4-5-6-7-8-21-20(25)29-11-16(24)10-27-18-13-26-14-19(18)28-12-17(9-22)30-15(2)23/h16-19,22,24H,3-14H2,1-2H3,(H,21,25). The second kappa shape index (κ2) is 16.3. The molecule has 1 heterocycles. The molecule has 0 aliphatic carbocycles. The lowest BCUT2D eigenvalue weighted by atomic mass is 10.1. The maximum atomic E-state index is 11.6. The Labute approximate surface area is 178 Å². The van der Waals surface area contributed by atoms with Crippen LogP contribution in [0.4, 0.5) is 4.79 Å². The first-order chi connectivity index (χ1) is 14.5. The van der Waals surface area contributed by atoms with E-state index in [1.807, 2.05) is 0 Å². The van der Waals surface area contributed by atoms with Gasteiger partial charge < -0.3 is 39.2 Å². The number of ether oxygens (including phenoxy) is 5. The summed E-state index contributed by atoms with van der Waals surface area (Å²) in [7, 11) is 0. The van der Waals surface area contributed by atoms with Gasteiger partial charge >= 0.3 is 12.1 Å². The van der Waals surface area contributed by atoms with Crippen LogP contribution in [0.1, 0.15) is 46.0 Å². The summed E-state index contributed by atoms with van der Waals surface area (Å²) in [5.41, 5.74) is 0.